The lowest BCUT2D eigenvalue weighted by Gasteiger charge is -2.37. The molecule has 0 saturated carbocycles. The first-order valence-electron chi connectivity index (χ1n) is 8.85. The standard InChI is InChI=1S/C21H14Cl2N2O5/c1-25-15-2-8-9(5-14(15)24)21(30-20(8)28)10-3-12(22)16(26)6-18(10)29-19-7-17(27)13(23)4-11(19)21/h2-7,25-27H,24H2,1H3. The molecule has 0 fully saturated rings. The highest BCUT2D eigenvalue weighted by Crippen LogP contribution is 2.59. The Hall–Kier alpha value is -3.29. The van der Waals surface area contributed by atoms with Crippen molar-refractivity contribution >= 4 is 40.5 Å². The molecule has 7 nitrogen and oxygen atoms in total. The average Bonchev–Trinajstić information content (AvgIpc) is 2.97. The minimum Gasteiger partial charge on any atom is -0.506 e. The third-order valence-corrected chi connectivity index (χ3v) is 5.99. The van der Waals surface area contributed by atoms with Gasteiger partial charge in [-0.1, -0.05) is 23.2 Å². The third-order valence-electron chi connectivity index (χ3n) is 5.38. The van der Waals surface area contributed by atoms with Crippen LogP contribution in [0.5, 0.6) is 23.0 Å². The smallest absolute Gasteiger partial charge is 0.340 e. The lowest BCUT2D eigenvalue weighted by Crippen LogP contribution is -2.33. The number of ether oxygens (including phenoxy) is 2. The summed E-state index contributed by atoms with van der Waals surface area (Å²) in [7, 11) is 1.69. The number of aromatic hydroxyl groups is 2. The van der Waals surface area contributed by atoms with Crippen molar-refractivity contribution in [2.45, 2.75) is 5.60 Å². The summed E-state index contributed by atoms with van der Waals surface area (Å²) in [6.45, 7) is 0. The Kier molecular flexibility index (Phi) is 3.81. The van der Waals surface area contributed by atoms with E-state index in [1.165, 1.54) is 24.3 Å². The number of fused-ring (bicyclic) bond motifs is 6. The second-order valence-electron chi connectivity index (χ2n) is 7.01. The highest BCUT2D eigenvalue weighted by atomic mass is 35.5. The number of nitrogens with one attached hydrogen (secondary N) is 1. The SMILES string of the molecule is CNc1cc2c(cc1N)C1(OC2=O)c2cc(Cl)c(O)cc2Oc2cc(O)c(Cl)cc21. The predicted octanol–water partition coefficient (Wildman–Crippen LogP) is 4.60. The van der Waals surface area contributed by atoms with Crippen LogP contribution in [0.2, 0.25) is 10.0 Å². The number of hydrogen-bond donors (Lipinski definition) is 4. The molecule has 0 aromatic heterocycles. The number of hydrogen-bond acceptors (Lipinski definition) is 7. The lowest BCUT2D eigenvalue weighted by atomic mass is 9.77. The molecule has 3 aromatic carbocycles. The molecule has 152 valence electrons. The van der Waals surface area contributed by atoms with E-state index in [0.29, 0.717) is 33.6 Å². The number of esters is 1. The lowest BCUT2D eigenvalue weighted by molar-refractivity contribution is 0.0224. The van der Waals surface area contributed by atoms with Crippen LogP contribution in [0, 0.1) is 0 Å². The summed E-state index contributed by atoms with van der Waals surface area (Å²) < 4.78 is 11.9. The third kappa shape index (κ3) is 2.30. The van der Waals surface area contributed by atoms with Gasteiger partial charge in [-0.25, -0.2) is 4.79 Å². The first kappa shape index (κ1) is 18.7. The summed E-state index contributed by atoms with van der Waals surface area (Å²) >= 11 is 12.4. The fourth-order valence-electron chi connectivity index (χ4n) is 4.01. The number of phenols is 2. The second-order valence-corrected chi connectivity index (χ2v) is 7.82. The van der Waals surface area contributed by atoms with E-state index in [-0.39, 0.29) is 33.0 Å². The summed E-state index contributed by atoms with van der Waals surface area (Å²) in [6, 6.07) is 8.85. The number of nitrogens with two attached hydrogens (primary N) is 1. The van der Waals surface area contributed by atoms with Gasteiger partial charge in [0.05, 0.1) is 27.0 Å². The van der Waals surface area contributed by atoms with Gasteiger partial charge in [-0.3, -0.25) is 0 Å². The minimum absolute atomic E-state index is 0.0503. The first-order valence-corrected chi connectivity index (χ1v) is 9.60. The fourth-order valence-corrected chi connectivity index (χ4v) is 4.34. The second kappa shape index (κ2) is 6.10. The van der Waals surface area contributed by atoms with Crippen molar-refractivity contribution in [3.8, 4) is 23.0 Å². The van der Waals surface area contributed by atoms with Crippen LogP contribution < -0.4 is 15.8 Å². The predicted molar refractivity (Wildman–Crippen MR) is 112 cm³/mol. The van der Waals surface area contributed by atoms with Gasteiger partial charge in [-0.15, -0.1) is 0 Å². The van der Waals surface area contributed by atoms with Gasteiger partial charge in [-0.2, -0.15) is 0 Å². The zero-order valence-electron chi connectivity index (χ0n) is 15.4. The van der Waals surface area contributed by atoms with Crippen LogP contribution in [0.4, 0.5) is 11.4 Å². The number of phenolic OH excluding ortho intramolecular Hbond substituents is 2. The maximum atomic E-state index is 12.9. The van der Waals surface area contributed by atoms with Crippen LogP contribution >= 0.6 is 23.2 Å². The highest BCUT2D eigenvalue weighted by molar-refractivity contribution is 6.32. The van der Waals surface area contributed by atoms with Gasteiger partial charge in [-0.05, 0) is 24.3 Å². The van der Waals surface area contributed by atoms with E-state index in [0.717, 1.165) is 0 Å². The molecular formula is C21H14Cl2N2O5. The molecule has 5 N–H and O–H groups in total. The monoisotopic (exact) mass is 444 g/mol. The molecule has 0 amide bonds. The maximum Gasteiger partial charge on any atom is 0.340 e. The van der Waals surface area contributed by atoms with Crippen LogP contribution in [0.1, 0.15) is 27.0 Å². The number of anilines is 2. The fraction of sp³-hybridized carbons (Fsp3) is 0.0952. The number of nitrogen functional groups attached to an aromatic ring is 1. The molecule has 0 atom stereocenters. The molecule has 3 aromatic rings. The molecule has 30 heavy (non-hydrogen) atoms. The molecule has 2 heterocycles. The Balaban J connectivity index is 1.92. The Morgan fingerprint density at radius 1 is 0.933 bits per heavy atom. The highest BCUT2D eigenvalue weighted by Gasteiger charge is 2.54. The number of carbonyl (C=O) groups excluding carboxylic acids is 1. The molecule has 0 radical (unpaired) electrons. The maximum absolute atomic E-state index is 12.9. The number of carbonyl (C=O) groups is 1. The van der Waals surface area contributed by atoms with Crippen molar-refractivity contribution in [2.75, 3.05) is 18.1 Å². The normalized spacial score (nSPS) is 15.1. The van der Waals surface area contributed by atoms with Crippen molar-refractivity contribution in [2.24, 2.45) is 0 Å². The summed E-state index contributed by atoms with van der Waals surface area (Å²) in [4.78, 5) is 12.9. The van der Waals surface area contributed by atoms with Crippen molar-refractivity contribution in [3.05, 3.63) is 68.7 Å². The Morgan fingerprint density at radius 3 is 2.03 bits per heavy atom. The summed E-state index contributed by atoms with van der Waals surface area (Å²) in [5.41, 5.74) is 7.25. The molecule has 0 unspecified atom stereocenters. The van der Waals surface area contributed by atoms with E-state index in [1.807, 2.05) is 0 Å². The van der Waals surface area contributed by atoms with E-state index < -0.39 is 11.6 Å². The van der Waals surface area contributed by atoms with Crippen molar-refractivity contribution in [3.63, 3.8) is 0 Å². The molecule has 1 spiro atoms. The van der Waals surface area contributed by atoms with E-state index in [4.69, 9.17) is 38.4 Å². The van der Waals surface area contributed by atoms with E-state index >= 15 is 0 Å². The van der Waals surface area contributed by atoms with Crippen LogP contribution in [-0.2, 0) is 10.3 Å². The Morgan fingerprint density at radius 2 is 1.50 bits per heavy atom. The van der Waals surface area contributed by atoms with Gasteiger partial charge in [0.25, 0.3) is 0 Å². The zero-order chi connectivity index (χ0) is 21.4. The van der Waals surface area contributed by atoms with Crippen LogP contribution in [0.3, 0.4) is 0 Å². The number of rotatable bonds is 1. The van der Waals surface area contributed by atoms with Gasteiger partial charge in [0.2, 0.25) is 0 Å². The number of benzene rings is 3. The molecule has 0 saturated heterocycles. The van der Waals surface area contributed by atoms with Gasteiger partial charge < -0.3 is 30.7 Å². The topological polar surface area (TPSA) is 114 Å². The van der Waals surface area contributed by atoms with E-state index in [1.54, 1.807) is 19.2 Å². The molecule has 2 aliphatic rings. The van der Waals surface area contributed by atoms with Crippen LogP contribution in [-0.4, -0.2) is 23.2 Å². The molecular weight excluding hydrogens is 431 g/mol. The Bertz CT molecular complexity index is 1220. The summed E-state index contributed by atoms with van der Waals surface area (Å²) in [5, 5.41) is 23.2. The quantitative estimate of drug-likeness (QED) is 0.320. The summed E-state index contributed by atoms with van der Waals surface area (Å²) in [6.07, 6.45) is 0. The average molecular weight is 445 g/mol. The zero-order valence-corrected chi connectivity index (χ0v) is 16.9. The van der Waals surface area contributed by atoms with Crippen molar-refractivity contribution < 1.29 is 24.5 Å². The number of halogens is 2. The van der Waals surface area contributed by atoms with Crippen molar-refractivity contribution in [1.29, 1.82) is 0 Å². The first-order chi connectivity index (χ1) is 14.3. The largest absolute Gasteiger partial charge is 0.506 e. The van der Waals surface area contributed by atoms with Gasteiger partial charge >= 0.3 is 5.97 Å². The molecule has 0 bridgehead atoms. The van der Waals surface area contributed by atoms with E-state index in [9.17, 15) is 15.0 Å². The molecule has 9 heteroatoms. The van der Waals surface area contributed by atoms with Crippen LogP contribution in [0.25, 0.3) is 0 Å². The van der Waals surface area contributed by atoms with Crippen LogP contribution in [0.15, 0.2) is 36.4 Å². The Labute approximate surface area is 180 Å². The van der Waals surface area contributed by atoms with Gasteiger partial charge in [0, 0.05) is 35.9 Å². The molecule has 0 aliphatic carbocycles. The summed E-state index contributed by atoms with van der Waals surface area (Å²) in [5.74, 6) is -0.566. The van der Waals surface area contributed by atoms with E-state index in [2.05, 4.69) is 5.32 Å². The van der Waals surface area contributed by atoms with Crippen molar-refractivity contribution in [1.82, 2.24) is 0 Å². The minimum atomic E-state index is -1.48. The van der Waals surface area contributed by atoms with Gasteiger partial charge in [0.1, 0.15) is 23.0 Å². The molecule has 2 aliphatic heterocycles. The molecule has 5 rings (SSSR count). The van der Waals surface area contributed by atoms with Gasteiger partial charge in [0.15, 0.2) is 5.60 Å².